The number of unbranched alkanes of at least 4 members (excludes halogenated alkanes) is 1. The Morgan fingerprint density at radius 2 is 2.11 bits per heavy atom. The molecule has 1 aliphatic rings. The number of hydroxylamine groups is 2. The van der Waals surface area contributed by atoms with Crippen molar-refractivity contribution < 1.29 is 4.84 Å². The van der Waals surface area contributed by atoms with Crippen LogP contribution in [-0.4, -0.2) is 31.1 Å². The average molecular weight is 247 g/mol. The van der Waals surface area contributed by atoms with Crippen LogP contribution in [0.3, 0.4) is 0 Å². The standard InChI is InChI=1S/C14H21N3O/c1-3-4-10-15-11-13-16-14(17(2)18-13)12-8-6-5-7-9-12/h5-9,14-15H,3-4,10-11H2,1-2H3/t14-/m0/s1. The number of hydrogen-bond donors (Lipinski definition) is 1. The molecule has 0 aromatic heterocycles. The second kappa shape index (κ2) is 6.52. The first-order valence-electron chi connectivity index (χ1n) is 6.54. The van der Waals surface area contributed by atoms with Gasteiger partial charge in [0.15, 0.2) is 6.17 Å². The molecule has 0 fully saturated rings. The molecule has 4 heteroatoms. The minimum absolute atomic E-state index is 0.0193. The van der Waals surface area contributed by atoms with Crippen molar-refractivity contribution in [2.45, 2.75) is 25.9 Å². The Morgan fingerprint density at radius 1 is 1.33 bits per heavy atom. The third-order valence-corrected chi connectivity index (χ3v) is 2.94. The maximum absolute atomic E-state index is 5.63. The van der Waals surface area contributed by atoms with Crippen LogP contribution in [0.5, 0.6) is 0 Å². The van der Waals surface area contributed by atoms with Crippen LogP contribution >= 0.6 is 0 Å². The summed E-state index contributed by atoms with van der Waals surface area (Å²) in [6.07, 6.45) is 2.37. The SMILES string of the molecule is CCCCNCC1=N[C@H](c2ccccc2)N(C)O1. The molecule has 0 bridgehead atoms. The fourth-order valence-corrected chi connectivity index (χ4v) is 1.94. The first kappa shape index (κ1) is 13.1. The Bertz CT molecular complexity index is 391. The van der Waals surface area contributed by atoms with E-state index >= 15 is 0 Å². The van der Waals surface area contributed by atoms with Crippen LogP contribution in [0.25, 0.3) is 0 Å². The number of nitrogens with zero attached hydrogens (tertiary/aromatic N) is 2. The van der Waals surface area contributed by atoms with Gasteiger partial charge in [0.1, 0.15) is 0 Å². The number of nitrogens with one attached hydrogen (secondary N) is 1. The summed E-state index contributed by atoms with van der Waals surface area (Å²) in [4.78, 5) is 10.2. The Labute approximate surface area is 109 Å². The second-order valence-electron chi connectivity index (χ2n) is 4.47. The summed E-state index contributed by atoms with van der Waals surface area (Å²) < 4.78 is 0. The Hall–Kier alpha value is -1.39. The number of aliphatic imine (C=N–C) groups is 1. The zero-order chi connectivity index (χ0) is 12.8. The molecule has 98 valence electrons. The van der Waals surface area contributed by atoms with Crippen LogP contribution in [0.4, 0.5) is 0 Å². The predicted molar refractivity (Wildman–Crippen MR) is 73.2 cm³/mol. The third-order valence-electron chi connectivity index (χ3n) is 2.94. The predicted octanol–water partition coefficient (Wildman–Crippen LogP) is 2.35. The highest BCUT2D eigenvalue weighted by atomic mass is 16.7. The van der Waals surface area contributed by atoms with Crippen molar-refractivity contribution in [3.63, 3.8) is 0 Å². The van der Waals surface area contributed by atoms with E-state index in [0.717, 1.165) is 18.0 Å². The summed E-state index contributed by atoms with van der Waals surface area (Å²) in [5, 5.41) is 5.14. The summed E-state index contributed by atoms with van der Waals surface area (Å²) in [7, 11) is 1.92. The lowest BCUT2D eigenvalue weighted by Crippen LogP contribution is -2.26. The van der Waals surface area contributed by atoms with E-state index in [2.05, 4.69) is 29.4 Å². The fraction of sp³-hybridized carbons (Fsp3) is 0.500. The van der Waals surface area contributed by atoms with Crippen molar-refractivity contribution in [3.05, 3.63) is 35.9 Å². The monoisotopic (exact) mass is 247 g/mol. The zero-order valence-electron chi connectivity index (χ0n) is 11.1. The highest BCUT2D eigenvalue weighted by Gasteiger charge is 2.25. The minimum atomic E-state index is -0.0193. The smallest absolute Gasteiger partial charge is 0.225 e. The first-order valence-corrected chi connectivity index (χ1v) is 6.54. The van der Waals surface area contributed by atoms with E-state index in [4.69, 9.17) is 4.84 Å². The van der Waals surface area contributed by atoms with E-state index in [0.29, 0.717) is 6.54 Å². The van der Waals surface area contributed by atoms with Crippen molar-refractivity contribution in [2.75, 3.05) is 20.1 Å². The second-order valence-corrected chi connectivity index (χ2v) is 4.47. The van der Waals surface area contributed by atoms with E-state index in [-0.39, 0.29) is 6.17 Å². The van der Waals surface area contributed by atoms with Gasteiger partial charge in [-0.05, 0) is 18.5 Å². The van der Waals surface area contributed by atoms with E-state index < -0.39 is 0 Å². The van der Waals surface area contributed by atoms with Gasteiger partial charge in [-0.15, -0.1) is 5.06 Å². The molecule has 18 heavy (non-hydrogen) atoms. The molecule has 4 nitrogen and oxygen atoms in total. The summed E-state index contributed by atoms with van der Waals surface area (Å²) in [5.41, 5.74) is 1.16. The molecule has 1 atom stereocenters. The van der Waals surface area contributed by atoms with Crippen molar-refractivity contribution >= 4 is 5.90 Å². The Morgan fingerprint density at radius 3 is 2.83 bits per heavy atom. The van der Waals surface area contributed by atoms with Gasteiger partial charge < -0.3 is 10.2 Å². The molecule has 0 saturated carbocycles. The molecule has 0 saturated heterocycles. The molecular weight excluding hydrogens is 226 g/mol. The molecule has 2 rings (SSSR count). The van der Waals surface area contributed by atoms with E-state index in [1.165, 1.54) is 12.8 Å². The fourth-order valence-electron chi connectivity index (χ4n) is 1.94. The van der Waals surface area contributed by atoms with Crippen LogP contribution in [-0.2, 0) is 4.84 Å². The summed E-state index contributed by atoms with van der Waals surface area (Å²) in [5.74, 6) is 0.766. The lowest BCUT2D eigenvalue weighted by atomic mass is 10.2. The van der Waals surface area contributed by atoms with E-state index in [1.54, 1.807) is 5.06 Å². The number of hydrogen-bond acceptors (Lipinski definition) is 4. The number of benzene rings is 1. The molecule has 1 heterocycles. The largest absolute Gasteiger partial charge is 0.387 e. The van der Waals surface area contributed by atoms with Crippen LogP contribution in [0.1, 0.15) is 31.5 Å². The quantitative estimate of drug-likeness (QED) is 0.784. The average Bonchev–Trinajstić information content (AvgIpc) is 2.77. The Kier molecular flexibility index (Phi) is 4.73. The molecule has 0 unspecified atom stereocenters. The Balaban J connectivity index is 1.91. The van der Waals surface area contributed by atoms with Crippen molar-refractivity contribution in [1.82, 2.24) is 10.4 Å². The maximum Gasteiger partial charge on any atom is 0.225 e. The molecule has 1 N–H and O–H groups in total. The van der Waals surface area contributed by atoms with Gasteiger partial charge >= 0.3 is 0 Å². The van der Waals surface area contributed by atoms with Gasteiger partial charge in [0.05, 0.1) is 6.54 Å². The lowest BCUT2D eigenvalue weighted by Gasteiger charge is -2.15. The normalized spacial score (nSPS) is 19.7. The molecule has 0 aliphatic carbocycles. The molecule has 1 aliphatic heterocycles. The van der Waals surface area contributed by atoms with E-state index in [1.807, 2.05) is 25.2 Å². The number of rotatable bonds is 6. The topological polar surface area (TPSA) is 36.9 Å². The maximum atomic E-state index is 5.63. The van der Waals surface area contributed by atoms with Gasteiger partial charge in [0.25, 0.3) is 0 Å². The van der Waals surface area contributed by atoms with Crippen molar-refractivity contribution in [2.24, 2.45) is 4.99 Å². The lowest BCUT2D eigenvalue weighted by molar-refractivity contribution is -0.0591. The van der Waals surface area contributed by atoms with Crippen molar-refractivity contribution in [3.8, 4) is 0 Å². The summed E-state index contributed by atoms with van der Waals surface area (Å²) in [6, 6.07) is 10.2. The first-order chi connectivity index (χ1) is 8.81. The highest BCUT2D eigenvalue weighted by Crippen LogP contribution is 2.25. The van der Waals surface area contributed by atoms with Gasteiger partial charge in [-0.1, -0.05) is 43.7 Å². The van der Waals surface area contributed by atoms with Crippen LogP contribution in [0, 0.1) is 0 Å². The summed E-state index contributed by atoms with van der Waals surface area (Å²) >= 11 is 0. The van der Waals surface area contributed by atoms with Crippen molar-refractivity contribution in [1.29, 1.82) is 0 Å². The molecular formula is C14H21N3O. The molecule has 1 aromatic rings. The van der Waals surface area contributed by atoms with Gasteiger partial charge in [0.2, 0.25) is 5.90 Å². The summed E-state index contributed by atoms with van der Waals surface area (Å²) in [6.45, 7) is 3.90. The van der Waals surface area contributed by atoms with Crippen LogP contribution < -0.4 is 5.32 Å². The molecule has 0 radical (unpaired) electrons. The van der Waals surface area contributed by atoms with E-state index in [9.17, 15) is 0 Å². The highest BCUT2D eigenvalue weighted by molar-refractivity contribution is 5.79. The molecule has 1 aromatic carbocycles. The molecule has 0 amide bonds. The van der Waals surface area contributed by atoms with Gasteiger partial charge in [-0.3, -0.25) is 0 Å². The van der Waals surface area contributed by atoms with Crippen LogP contribution in [0.2, 0.25) is 0 Å². The minimum Gasteiger partial charge on any atom is -0.387 e. The van der Waals surface area contributed by atoms with Gasteiger partial charge in [0, 0.05) is 7.05 Å². The van der Waals surface area contributed by atoms with Gasteiger partial charge in [-0.2, -0.15) is 0 Å². The third kappa shape index (κ3) is 3.31. The zero-order valence-corrected chi connectivity index (χ0v) is 11.1. The van der Waals surface area contributed by atoms with Crippen LogP contribution in [0.15, 0.2) is 35.3 Å². The van der Waals surface area contributed by atoms with Gasteiger partial charge in [-0.25, -0.2) is 4.99 Å². The molecule has 0 spiro atoms.